The first-order valence-electron chi connectivity index (χ1n) is 9.43. The number of carbonyl (C=O) groups is 2. The summed E-state index contributed by atoms with van der Waals surface area (Å²) in [4.78, 5) is 28.6. The van der Waals surface area contributed by atoms with Gasteiger partial charge in [0.1, 0.15) is 11.9 Å². The second kappa shape index (κ2) is 8.54. The van der Waals surface area contributed by atoms with Crippen LogP contribution in [0.3, 0.4) is 0 Å². The molecule has 2 heterocycles. The molecular formula is C20H28N2O4. The van der Waals surface area contributed by atoms with Crippen molar-refractivity contribution in [2.75, 3.05) is 39.4 Å². The van der Waals surface area contributed by atoms with E-state index >= 15 is 0 Å². The molecule has 0 N–H and O–H groups in total. The molecule has 2 fully saturated rings. The second-order valence-electron chi connectivity index (χ2n) is 7.10. The average Bonchev–Trinajstić information content (AvgIpc) is 3.06. The number of nitrogens with zero attached hydrogens (tertiary/aromatic N) is 2. The number of aryl methyl sites for hydroxylation is 2. The topological polar surface area (TPSA) is 59.1 Å². The molecule has 0 bridgehead atoms. The van der Waals surface area contributed by atoms with Crippen molar-refractivity contribution in [2.24, 2.45) is 0 Å². The molecule has 142 valence electrons. The molecule has 0 radical (unpaired) electrons. The normalized spacial score (nSPS) is 20.8. The van der Waals surface area contributed by atoms with Gasteiger partial charge < -0.3 is 19.3 Å². The van der Waals surface area contributed by atoms with E-state index in [-0.39, 0.29) is 24.5 Å². The highest BCUT2D eigenvalue weighted by Gasteiger charge is 2.30. The van der Waals surface area contributed by atoms with Crippen molar-refractivity contribution < 1.29 is 19.1 Å². The van der Waals surface area contributed by atoms with E-state index in [0.29, 0.717) is 38.5 Å². The first-order chi connectivity index (χ1) is 12.5. The van der Waals surface area contributed by atoms with Crippen molar-refractivity contribution in [3.8, 4) is 5.75 Å². The van der Waals surface area contributed by atoms with Crippen molar-refractivity contribution in [1.82, 2.24) is 9.80 Å². The van der Waals surface area contributed by atoms with Gasteiger partial charge in [-0.25, -0.2) is 0 Å². The van der Waals surface area contributed by atoms with Crippen LogP contribution in [-0.2, 0) is 14.3 Å². The minimum Gasteiger partial charge on any atom is -0.484 e. The average molecular weight is 360 g/mol. The molecular weight excluding hydrogens is 332 g/mol. The van der Waals surface area contributed by atoms with Crippen LogP contribution >= 0.6 is 0 Å². The lowest BCUT2D eigenvalue weighted by molar-refractivity contribution is -0.141. The number of ether oxygens (including phenoxy) is 2. The van der Waals surface area contributed by atoms with Crippen molar-refractivity contribution in [2.45, 2.75) is 39.2 Å². The Hall–Kier alpha value is -2.08. The first kappa shape index (κ1) is 18.7. The third-order valence-electron chi connectivity index (χ3n) is 5.21. The maximum Gasteiger partial charge on any atom is 0.260 e. The van der Waals surface area contributed by atoms with E-state index in [2.05, 4.69) is 0 Å². The quantitative estimate of drug-likeness (QED) is 0.823. The summed E-state index contributed by atoms with van der Waals surface area (Å²) in [7, 11) is 0. The van der Waals surface area contributed by atoms with E-state index in [1.807, 2.05) is 36.9 Å². The Balaban J connectivity index is 1.49. The van der Waals surface area contributed by atoms with Crippen LogP contribution in [-0.4, -0.2) is 67.1 Å². The van der Waals surface area contributed by atoms with Gasteiger partial charge in [-0.1, -0.05) is 6.07 Å². The summed E-state index contributed by atoms with van der Waals surface area (Å²) in [5.74, 6) is 0.754. The molecule has 2 saturated heterocycles. The highest BCUT2D eigenvalue weighted by molar-refractivity contribution is 5.81. The maximum absolute atomic E-state index is 12.5. The number of benzene rings is 1. The predicted molar refractivity (Wildman–Crippen MR) is 98.2 cm³/mol. The monoisotopic (exact) mass is 360 g/mol. The van der Waals surface area contributed by atoms with Gasteiger partial charge in [0.05, 0.1) is 0 Å². The van der Waals surface area contributed by atoms with E-state index in [0.717, 1.165) is 24.8 Å². The van der Waals surface area contributed by atoms with Crippen molar-refractivity contribution in [3.05, 3.63) is 29.3 Å². The van der Waals surface area contributed by atoms with Gasteiger partial charge in [0.2, 0.25) is 0 Å². The Kier molecular flexibility index (Phi) is 6.14. The van der Waals surface area contributed by atoms with Crippen LogP contribution in [0.4, 0.5) is 0 Å². The van der Waals surface area contributed by atoms with E-state index in [1.165, 1.54) is 5.56 Å². The lowest BCUT2D eigenvalue weighted by Crippen LogP contribution is -2.42. The van der Waals surface area contributed by atoms with Crippen LogP contribution in [0, 0.1) is 13.8 Å². The third kappa shape index (κ3) is 4.55. The highest BCUT2D eigenvalue weighted by atomic mass is 16.5. The zero-order chi connectivity index (χ0) is 18.5. The summed E-state index contributed by atoms with van der Waals surface area (Å²) in [5.41, 5.74) is 2.35. The molecule has 1 unspecified atom stereocenters. The molecule has 1 atom stereocenters. The van der Waals surface area contributed by atoms with Crippen molar-refractivity contribution in [3.63, 3.8) is 0 Å². The van der Waals surface area contributed by atoms with Crippen molar-refractivity contribution >= 4 is 11.8 Å². The molecule has 3 rings (SSSR count). The van der Waals surface area contributed by atoms with Gasteiger partial charge in [0, 0.05) is 32.8 Å². The third-order valence-corrected chi connectivity index (χ3v) is 5.21. The number of amides is 2. The fraction of sp³-hybridized carbons (Fsp3) is 0.600. The number of rotatable bonds is 4. The zero-order valence-corrected chi connectivity index (χ0v) is 15.7. The van der Waals surface area contributed by atoms with Gasteiger partial charge in [-0.05, 0) is 56.4 Å². The Morgan fingerprint density at radius 2 is 1.85 bits per heavy atom. The number of hydrogen-bond acceptors (Lipinski definition) is 4. The summed E-state index contributed by atoms with van der Waals surface area (Å²) >= 11 is 0. The fourth-order valence-corrected chi connectivity index (χ4v) is 3.40. The molecule has 0 aliphatic carbocycles. The maximum atomic E-state index is 12.5. The summed E-state index contributed by atoms with van der Waals surface area (Å²) in [6.45, 7) is 7.23. The van der Waals surface area contributed by atoms with E-state index < -0.39 is 0 Å². The summed E-state index contributed by atoms with van der Waals surface area (Å²) in [6.07, 6.45) is 2.26. The molecule has 6 heteroatoms. The van der Waals surface area contributed by atoms with Gasteiger partial charge in [0.15, 0.2) is 6.61 Å². The molecule has 0 saturated carbocycles. The second-order valence-corrected chi connectivity index (χ2v) is 7.10. The van der Waals surface area contributed by atoms with Crippen molar-refractivity contribution in [1.29, 1.82) is 0 Å². The SMILES string of the molecule is Cc1ccc(OCC(=O)N2CCCN(C(=O)C3CCCO3)CC2)cc1C. The van der Waals surface area contributed by atoms with Crippen LogP contribution < -0.4 is 4.74 Å². The van der Waals surface area contributed by atoms with E-state index in [9.17, 15) is 9.59 Å². The van der Waals surface area contributed by atoms with Gasteiger partial charge in [-0.2, -0.15) is 0 Å². The standard InChI is InChI=1S/C20H28N2O4/c1-15-6-7-17(13-16(15)2)26-14-19(23)21-8-4-9-22(11-10-21)20(24)18-5-3-12-25-18/h6-7,13,18H,3-5,8-12,14H2,1-2H3. The minimum absolute atomic E-state index is 0.0299. The molecule has 1 aromatic carbocycles. The lowest BCUT2D eigenvalue weighted by Gasteiger charge is -2.24. The predicted octanol–water partition coefficient (Wildman–Crippen LogP) is 1.92. The molecule has 0 spiro atoms. The molecule has 0 aromatic heterocycles. The van der Waals surface area contributed by atoms with Crippen LogP contribution in [0.25, 0.3) is 0 Å². The molecule has 6 nitrogen and oxygen atoms in total. The van der Waals surface area contributed by atoms with Gasteiger partial charge in [-0.15, -0.1) is 0 Å². The summed E-state index contributed by atoms with van der Waals surface area (Å²) in [5, 5.41) is 0. The number of carbonyl (C=O) groups excluding carboxylic acids is 2. The minimum atomic E-state index is -0.287. The van der Waals surface area contributed by atoms with Crippen LogP contribution in [0.5, 0.6) is 5.75 Å². The Morgan fingerprint density at radius 3 is 2.58 bits per heavy atom. The molecule has 26 heavy (non-hydrogen) atoms. The van der Waals surface area contributed by atoms with Crippen LogP contribution in [0.15, 0.2) is 18.2 Å². The fourth-order valence-electron chi connectivity index (χ4n) is 3.40. The first-order valence-corrected chi connectivity index (χ1v) is 9.43. The zero-order valence-electron chi connectivity index (χ0n) is 15.7. The summed E-state index contributed by atoms with van der Waals surface area (Å²) < 4.78 is 11.2. The molecule has 2 amide bonds. The highest BCUT2D eigenvalue weighted by Crippen LogP contribution is 2.18. The lowest BCUT2D eigenvalue weighted by atomic mass is 10.1. The Morgan fingerprint density at radius 1 is 1.08 bits per heavy atom. The molecule has 2 aliphatic rings. The van der Waals surface area contributed by atoms with Crippen LogP contribution in [0.2, 0.25) is 0 Å². The Labute approximate surface area is 155 Å². The van der Waals surface area contributed by atoms with E-state index in [1.54, 1.807) is 4.90 Å². The summed E-state index contributed by atoms with van der Waals surface area (Å²) in [6, 6.07) is 5.84. The molecule has 1 aromatic rings. The largest absolute Gasteiger partial charge is 0.484 e. The van der Waals surface area contributed by atoms with Crippen LogP contribution in [0.1, 0.15) is 30.4 Å². The molecule has 2 aliphatic heterocycles. The van der Waals surface area contributed by atoms with Gasteiger partial charge >= 0.3 is 0 Å². The smallest absolute Gasteiger partial charge is 0.260 e. The Bertz CT molecular complexity index is 655. The van der Waals surface area contributed by atoms with Gasteiger partial charge in [0.25, 0.3) is 11.8 Å². The van der Waals surface area contributed by atoms with Gasteiger partial charge in [-0.3, -0.25) is 9.59 Å². The van der Waals surface area contributed by atoms with E-state index in [4.69, 9.17) is 9.47 Å². The number of hydrogen-bond donors (Lipinski definition) is 0.